The summed E-state index contributed by atoms with van der Waals surface area (Å²) in [4.78, 5) is 14.9. The van der Waals surface area contributed by atoms with Gasteiger partial charge in [-0.3, -0.25) is 15.0 Å². The molecular weight excluding hydrogens is 398 g/mol. The maximum absolute atomic E-state index is 12.5. The van der Waals surface area contributed by atoms with Gasteiger partial charge in [0.1, 0.15) is 5.75 Å². The standard InChI is InChI=1S/C23H29N3O3S/c1-17(2)16-29-21-5-3-4-19(14-21)22(27)25-23(30)24-20-8-6-18(7-9-20)15-26-10-12-28-13-11-26/h3-9,14,17H,10-13,15-16H2,1-2H3,(H2,24,25,27,30). The van der Waals surface area contributed by atoms with E-state index in [1.54, 1.807) is 18.2 Å². The van der Waals surface area contributed by atoms with E-state index in [9.17, 15) is 4.79 Å². The van der Waals surface area contributed by atoms with E-state index in [1.807, 2.05) is 18.2 Å². The van der Waals surface area contributed by atoms with Crippen LogP contribution in [0.1, 0.15) is 29.8 Å². The molecule has 0 spiro atoms. The zero-order valence-corrected chi connectivity index (χ0v) is 18.3. The van der Waals surface area contributed by atoms with Crippen molar-refractivity contribution in [2.24, 2.45) is 5.92 Å². The molecule has 1 heterocycles. The molecule has 0 aromatic heterocycles. The van der Waals surface area contributed by atoms with Crippen LogP contribution in [0, 0.1) is 5.92 Å². The fourth-order valence-electron chi connectivity index (χ4n) is 3.04. The Morgan fingerprint density at radius 1 is 1.17 bits per heavy atom. The normalized spacial score (nSPS) is 14.4. The van der Waals surface area contributed by atoms with Crippen molar-refractivity contribution >= 4 is 28.9 Å². The van der Waals surface area contributed by atoms with Crippen molar-refractivity contribution in [2.75, 3.05) is 38.2 Å². The topological polar surface area (TPSA) is 62.8 Å². The summed E-state index contributed by atoms with van der Waals surface area (Å²) in [6.07, 6.45) is 0. The van der Waals surface area contributed by atoms with Crippen LogP contribution in [0.15, 0.2) is 48.5 Å². The van der Waals surface area contributed by atoms with Crippen LogP contribution >= 0.6 is 12.2 Å². The SMILES string of the molecule is CC(C)COc1cccc(C(=O)NC(=S)Nc2ccc(CN3CCOCC3)cc2)c1. The summed E-state index contributed by atoms with van der Waals surface area (Å²) >= 11 is 5.30. The number of hydrogen-bond acceptors (Lipinski definition) is 5. The van der Waals surface area contributed by atoms with Gasteiger partial charge >= 0.3 is 0 Å². The Hall–Kier alpha value is -2.48. The van der Waals surface area contributed by atoms with Gasteiger partial charge < -0.3 is 14.8 Å². The Labute approximate surface area is 183 Å². The van der Waals surface area contributed by atoms with Crippen molar-refractivity contribution in [3.63, 3.8) is 0 Å². The minimum Gasteiger partial charge on any atom is -0.493 e. The number of carbonyl (C=O) groups excluding carboxylic acids is 1. The van der Waals surface area contributed by atoms with E-state index in [2.05, 4.69) is 41.5 Å². The minimum atomic E-state index is -0.272. The molecule has 3 rings (SSSR count). The van der Waals surface area contributed by atoms with Gasteiger partial charge in [-0.2, -0.15) is 0 Å². The van der Waals surface area contributed by atoms with Crippen LogP contribution in [0.3, 0.4) is 0 Å². The first-order chi connectivity index (χ1) is 14.5. The maximum atomic E-state index is 12.5. The number of anilines is 1. The molecular formula is C23H29N3O3S. The lowest BCUT2D eigenvalue weighted by molar-refractivity contribution is 0.0342. The van der Waals surface area contributed by atoms with E-state index in [4.69, 9.17) is 21.7 Å². The van der Waals surface area contributed by atoms with Gasteiger partial charge in [-0.1, -0.05) is 32.0 Å². The number of benzene rings is 2. The molecule has 6 nitrogen and oxygen atoms in total. The number of morpholine rings is 1. The van der Waals surface area contributed by atoms with Crippen LogP contribution < -0.4 is 15.4 Å². The van der Waals surface area contributed by atoms with Gasteiger partial charge in [-0.25, -0.2) is 0 Å². The number of thiocarbonyl (C=S) groups is 1. The summed E-state index contributed by atoms with van der Waals surface area (Å²) in [6.45, 7) is 9.17. The number of ether oxygens (including phenoxy) is 2. The predicted molar refractivity (Wildman–Crippen MR) is 123 cm³/mol. The van der Waals surface area contributed by atoms with Gasteiger partial charge in [-0.05, 0) is 54.0 Å². The molecule has 0 atom stereocenters. The molecule has 0 saturated carbocycles. The van der Waals surface area contributed by atoms with Crippen LogP contribution in [0.4, 0.5) is 5.69 Å². The van der Waals surface area contributed by atoms with Crippen LogP contribution in [0.2, 0.25) is 0 Å². The third-order valence-corrected chi connectivity index (χ3v) is 4.83. The van der Waals surface area contributed by atoms with E-state index in [-0.39, 0.29) is 11.0 Å². The molecule has 30 heavy (non-hydrogen) atoms. The number of nitrogens with zero attached hydrogens (tertiary/aromatic N) is 1. The Morgan fingerprint density at radius 2 is 1.90 bits per heavy atom. The molecule has 1 amide bonds. The highest BCUT2D eigenvalue weighted by molar-refractivity contribution is 7.80. The van der Waals surface area contributed by atoms with Gasteiger partial charge in [0.05, 0.1) is 19.8 Å². The van der Waals surface area contributed by atoms with E-state index in [0.717, 1.165) is 38.5 Å². The average molecular weight is 428 g/mol. The molecule has 2 aromatic rings. The quantitative estimate of drug-likeness (QED) is 0.658. The highest BCUT2D eigenvalue weighted by atomic mass is 32.1. The Balaban J connectivity index is 1.50. The second-order valence-corrected chi connectivity index (χ2v) is 8.13. The second kappa shape index (κ2) is 11.1. The van der Waals surface area contributed by atoms with Gasteiger partial charge in [0.2, 0.25) is 0 Å². The van der Waals surface area contributed by atoms with Crippen molar-refractivity contribution in [3.8, 4) is 5.75 Å². The molecule has 2 aromatic carbocycles. The molecule has 7 heteroatoms. The number of rotatable bonds is 7. The third-order valence-electron chi connectivity index (χ3n) is 4.63. The molecule has 160 valence electrons. The molecule has 1 aliphatic rings. The average Bonchev–Trinajstić information content (AvgIpc) is 2.74. The lowest BCUT2D eigenvalue weighted by Crippen LogP contribution is -2.35. The van der Waals surface area contributed by atoms with Crippen LogP contribution in [0.25, 0.3) is 0 Å². The van der Waals surface area contributed by atoms with Crippen LogP contribution in [0.5, 0.6) is 5.75 Å². The van der Waals surface area contributed by atoms with Crippen molar-refractivity contribution in [1.82, 2.24) is 10.2 Å². The molecule has 1 fully saturated rings. The molecule has 2 N–H and O–H groups in total. The molecule has 0 unspecified atom stereocenters. The monoisotopic (exact) mass is 427 g/mol. The van der Waals surface area contributed by atoms with Crippen molar-refractivity contribution in [3.05, 3.63) is 59.7 Å². The lowest BCUT2D eigenvalue weighted by atomic mass is 10.2. The van der Waals surface area contributed by atoms with Gasteiger partial charge in [0.25, 0.3) is 5.91 Å². The number of amides is 1. The van der Waals surface area contributed by atoms with Crippen molar-refractivity contribution in [2.45, 2.75) is 20.4 Å². The summed E-state index contributed by atoms with van der Waals surface area (Å²) in [5.41, 5.74) is 2.57. The first-order valence-electron chi connectivity index (χ1n) is 10.2. The third kappa shape index (κ3) is 7.09. The Morgan fingerprint density at radius 3 is 2.60 bits per heavy atom. The fourth-order valence-corrected chi connectivity index (χ4v) is 3.25. The molecule has 0 aliphatic carbocycles. The molecule has 1 saturated heterocycles. The minimum absolute atomic E-state index is 0.259. The van der Waals surface area contributed by atoms with Gasteiger partial charge in [-0.15, -0.1) is 0 Å². The summed E-state index contributed by atoms with van der Waals surface area (Å²) in [5.74, 6) is 0.817. The Kier molecular flexibility index (Phi) is 8.19. The fraction of sp³-hybridized carbons (Fsp3) is 0.391. The van der Waals surface area contributed by atoms with Gasteiger partial charge in [0, 0.05) is 30.9 Å². The second-order valence-electron chi connectivity index (χ2n) is 7.73. The highest BCUT2D eigenvalue weighted by Gasteiger charge is 2.12. The Bertz CT molecular complexity index is 849. The molecule has 0 bridgehead atoms. The lowest BCUT2D eigenvalue weighted by Gasteiger charge is -2.26. The first-order valence-corrected chi connectivity index (χ1v) is 10.6. The first kappa shape index (κ1) is 22.2. The number of carbonyl (C=O) groups is 1. The highest BCUT2D eigenvalue weighted by Crippen LogP contribution is 2.15. The van der Waals surface area contributed by atoms with Crippen LogP contribution in [-0.2, 0) is 11.3 Å². The zero-order valence-electron chi connectivity index (χ0n) is 17.5. The molecule has 0 radical (unpaired) electrons. The summed E-state index contributed by atoms with van der Waals surface area (Å²) in [6, 6.07) is 15.2. The number of nitrogens with one attached hydrogen (secondary N) is 2. The van der Waals surface area contributed by atoms with Crippen LogP contribution in [-0.4, -0.2) is 48.8 Å². The maximum Gasteiger partial charge on any atom is 0.257 e. The van der Waals surface area contributed by atoms with E-state index in [0.29, 0.717) is 23.8 Å². The van der Waals surface area contributed by atoms with Crippen molar-refractivity contribution in [1.29, 1.82) is 0 Å². The van der Waals surface area contributed by atoms with E-state index >= 15 is 0 Å². The smallest absolute Gasteiger partial charge is 0.257 e. The van der Waals surface area contributed by atoms with Gasteiger partial charge in [0.15, 0.2) is 5.11 Å². The zero-order chi connectivity index (χ0) is 21.3. The summed E-state index contributed by atoms with van der Waals surface area (Å²) < 4.78 is 11.1. The number of hydrogen-bond donors (Lipinski definition) is 2. The van der Waals surface area contributed by atoms with Crippen molar-refractivity contribution < 1.29 is 14.3 Å². The van der Waals surface area contributed by atoms with E-state index in [1.165, 1.54) is 5.56 Å². The predicted octanol–water partition coefficient (Wildman–Crippen LogP) is 3.68. The van der Waals surface area contributed by atoms with E-state index < -0.39 is 0 Å². The summed E-state index contributed by atoms with van der Waals surface area (Å²) in [5, 5.41) is 6.04. The molecule has 1 aliphatic heterocycles. The summed E-state index contributed by atoms with van der Waals surface area (Å²) in [7, 11) is 0. The largest absolute Gasteiger partial charge is 0.493 e.